The van der Waals surface area contributed by atoms with Gasteiger partial charge in [-0.1, -0.05) is 34.6 Å². The Morgan fingerprint density at radius 2 is 1.86 bits per heavy atom. The van der Waals surface area contributed by atoms with Gasteiger partial charge in [-0.15, -0.1) is 0 Å². The Labute approximate surface area is 215 Å². The maximum absolute atomic E-state index is 13.8. The minimum Gasteiger partial charge on any atom is -0.356 e. The first-order valence-electron chi connectivity index (χ1n) is 12.8. The van der Waals surface area contributed by atoms with Gasteiger partial charge in [0.2, 0.25) is 17.7 Å². The molecule has 4 fully saturated rings. The highest BCUT2D eigenvalue weighted by Gasteiger charge is 2.70. The molecule has 10 nitrogen and oxygen atoms in total. The van der Waals surface area contributed by atoms with Crippen LogP contribution in [0.4, 0.5) is 13.6 Å². The number of nitrogens with zero attached hydrogens (tertiary/aromatic N) is 3. The fourth-order valence-corrected chi connectivity index (χ4v) is 6.05. The Hall–Kier alpha value is -2.97. The predicted octanol–water partition coefficient (Wildman–Crippen LogP) is 1.08. The molecule has 204 valence electrons. The van der Waals surface area contributed by atoms with E-state index in [1.807, 2.05) is 13.8 Å². The summed E-state index contributed by atoms with van der Waals surface area (Å²) in [4.78, 5) is 54.3. The van der Waals surface area contributed by atoms with Crippen molar-refractivity contribution in [3.63, 3.8) is 0 Å². The maximum Gasteiger partial charge on any atom is 0.318 e. The molecule has 0 unspecified atom stereocenters. The Bertz CT molecular complexity index is 1030. The van der Waals surface area contributed by atoms with Crippen molar-refractivity contribution >= 4 is 23.8 Å². The second-order valence-corrected chi connectivity index (χ2v) is 12.6. The lowest BCUT2D eigenvalue weighted by molar-refractivity contribution is -0.144. The Kier molecular flexibility index (Phi) is 6.66. The number of hydrogen-bond donors (Lipinski definition) is 3. The summed E-state index contributed by atoms with van der Waals surface area (Å²) in [5.74, 6) is -4.38. The van der Waals surface area contributed by atoms with E-state index in [1.54, 1.807) is 20.8 Å². The van der Waals surface area contributed by atoms with E-state index >= 15 is 0 Å². The van der Waals surface area contributed by atoms with Gasteiger partial charge in [-0.3, -0.25) is 14.4 Å². The number of piperidine rings is 1. The number of amides is 5. The van der Waals surface area contributed by atoms with Crippen molar-refractivity contribution in [2.24, 2.45) is 28.6 Å². The minimum atomic E-state index is -2.93. The molecule has 0 aromatic carbocycles. The van der Waals surface area contributed by atoms with Gasteiger partial charge in [0.25, 0.3) is 5.92 Å². The van der Waals surface area contributed by atoms with Crippen LogP contribution < -0.4 is 16.0 Å². The molecule has 3 saturated heterocycles. The molecule has 4 rings (SSSR count). The number of urea groups is 1. The van der Waals surface area contributed by atoms with Gasteiger partial charge in [0.05, 0.1) is 19.2 Å². The summed E-state index contributed by atoms with van der Waals surface area (Å²) in [6.45, 7) is 8.79. The SMILES string of the molecule is CC(C)(C)[C@H](NC(=O)N1CC(F)(F)C1)C(=O)N1C[C@H]2[C@@H]([C@H]1C(=O)N[C@H](C#N)C[C@@H]1CCNC1=O)C2(C)C. The molecule has 6 atom stereocenters. The van der Waals surface area contributed by atoms with Crippen LogP contribution in [0.3, 0.4) is 0 Å². The van der Waals surface area contributed by atoms with E-state index in [4.69, 9.17) is 0 Å². The largest absolute Gasteiger partial charge is 0.356 e. The average Bonchev–Trinajstić information content (AvgIpc) is 3.13. The Morgan fingerprint density at radius 3 is 2.38 bits per heavy atom. The number of likely N-dealkylation sites (tertiary alicyclic amines) is 2. The van der Waals surface area contributed by atoms with Gasteiger partial charge in [-0.05, 0) is 35.5 Å². The number of fused-ring (bicyclic) bond motifs is 1. The Morgan fingerprint density at radius 1 is 1.22 bits per heavy atom. The summed E-state index contributed by atoms with van der Waals surface area (Å²) in [6.07, 6.45) is 0.780. The summed E-state index contributed by atoms with van der Waals surface area (Å²) in [6, 6.07) is -1.45. The number of hydrogen-bond acceptors (Lipinski definition) is 5. The van der Waals surface area contributed by atoms with Crippen LogP contribution in [-0.2, 0) is 14.4 Å². The average molecular weight is 523 g/mol. The number of rotatable bonds is 6. The predicted molar refractivity (Wildman–Crippen MR) is 128 cm³/mol. The molecular formula is C25H36F2N6O4. The van der Waals surface area contributed by atoms with Crippen LogP contribution in [-0.4, -0.2) is 83.8 Å². The van der Waals surface area contributed by atoms with Gasteiger partial charge in [-0.2, -0.15) is 5.26 Å². The lowest BCUT2D eigenvalue weighted by Crippen LogP contribution is -2.65. The van der Waals surface area contributed by atoms with Crippen LogP contribution in [0.5, 0.6) is 0 Å². The van der Waals surface area contributed by atoms with E-state index < -0.39 is 60.4 Å². The molecule has 37 heavy (non-hydrogen) atoms. The molecular weight excluding hydrogens is 486 g/mol. The molecule has 1 saturated carbocycles. The number of nitrogens with one attached hydrogen (secondary N) is 3. The van der Waals surface area contributed by atoms with Crippen molar-refractivity contribution in [2.75, 3.05) is 26.2 Å². The van der Waals surface area contributed by atoms with Crippen LogP contribution in [0.25, 0.3) is 0 Å². The van der Waals surface area contributed by atoms with Crippen molar-refractivity contribution in [2.45, 2.75) is 71.5 Å². The van der Waals surface area contributed by atoms with Crippen molar-refractivity contribution in [1.82, 2.24) is 25.8 Å². The third-order valence-electron chi connectivity index (χ3n) is 8.43. The van der Waals surface area contributed by atoms with Crippen LogP contribution >= 0.6 is 0 Å². The summed E-state index contributed by atoms with van der Waals surface area (Å²) in [7, 11) is 0. The summed E-state index contributed by atoms with van der Waals surface area (Å²) >= 11 is 0. The molecule has 4 aliphatic rings. The van der Waals surface area contributed by atoms with Crippen molar-refractivity contribution < 1.29 is 28.0 Å². The maximum atomic E-state index is 13.8. The molecule has 12 heteroatoms. The second kappa shape index (κ2) is 9.10. The van der Waals surface area contributed by atoms with Crippen LogP contribution in [0.2, 0.25) is 0 Å². The monoisotopic (exact) mass is 522 g/mol. The topological polar surface area (TPSA) is 135 Å². The first kappa shape index (κ1) is 27.1. The summed E-state index contributed by atoms with van der Waals surface area (Å²) in [5.41, 5.74) is -0.926. The zero-order valence-corrected chi connectivity index (χ0v) is 21.9. The van der Waals surface area contributed by atoms with Gasteiger partial charge < -0.3 is 25.8 Å². The van der Waals surface area contributed by atoms with E-state index in [9.17, 15) is 33.2 Å². The fraction of sp³-hybridized carbons (Fsp3) is 0.800. The lowest BCUT2D eigenvalue weighted by atomic mass is 9.85. The molecule has 5 amide bonds. The molecule has 0 aromatic heterocycles. The van der Waals surface area contributed by atoms with E-state index in [0.717, 1.165) is 4.90 Å². The third-order valence-corrected chi connectivity index (χ3v) is 8.43. The van der Waals surface area contributed by atoms with Crippen molar-refractivity contribution in [3.05, 3.63) is 0 Å². The van der Waals surface area contributed by atoms with Gasteiger partial charge in [0, 0.05) is 19.0 Å². The van der Waals surface area contributed by atoms with Crippen LogP contribution in [0, 0.1) is 39.9 Å². The van der Waals surface area contributed by atoms with Crippen molar-refractivity contribution in [1.29, 1.82) is 5.26 Å². The second-order valence-electron chi connectivity index (χ2n) is 12.6. The van der Waals surface area contributed by atoms with Gasteiger partial charge in [-0.25, -0.2) is 13.6 Å². The molecule has 0 bridgehead atoms. The number of carbonyl (C=O) groups excluding carboxylic acids is 4. The number of nitriles is 1. The summed E-state index contributed by atoms with van der Waals surface area (Å²) < 4.78 is 26.6. The van der Waals surface area contributed by atoms with Gasteiger partial charge in [0.15, 0.2) is 0 Å². The van der Waals surface area contributed by atoms with Gasteiger partial charge >= 0.3 is 6.03 Å². The van der Waals surface area contributed by atoms with Crippen LogP contribution in [0.15, 0.2) is 0 Å². The normalized spacial score (nSPS) is 30.8. The molecule has 3 heterocycles. The fourth-order valence-electron chi connectivity index (χ4n) is 6.05. The zero-order valence-electron chi connectivity index (χ0n) is 21.9. The lowest BCUT2D eigenvalue weighted by Gasteiger charge is -2.42. The number of alkyl halides is 2. The van der Waals surface area contributed by atoms with E-state index in [-0.39, 0.29) is 35.5 Å². The zero-order chi connectivity index (χ0) is 27.5. The third kappa shape index (κ3) is 5.09. The number of halogens is 2. The van der Waals surface area contributed by atoms with Crippen LogP contribution in [0.1, 0.15) is 47.5 Å². The summed E-state index contributed by atoms with van der Waals surface area (Å²) in [5, 5.41) is 17.7. The first-order chi connectivity index (χ1) is 17.1. The Balaban J connectivity index is 1.49. The highest BCUT2D eigenvalue weighted by Crippen LogP contribution is 2.65. The molecule has 0 radical (unpaired) electrons. The molecule has 3 N–H and O–H groups in total. The highest BCUT2D eigenvalue weighted by atomic mass is 19.3. The number of carbonyl (C=O) groups is 4. The van der Waals surface area contributed by atoms with E-state index in [2.05, 4.69) is 22.0 Å². The molecule has 0 aromatic rings. The smallest absolute Gasteiger partial charge is 0.318 e. The van der Waals surface area contributed by atoms with Gasteiger partial charge in [0.1, 0.15) is 18.1 Å². The highest BCUT2D eigenvalue weighted by molar-refractivity contribution is 5.94. The molecule has 1 aliphatic carbocycles. The minimum absolute atomic E-state index is 0.0822. The molecule has 0 spiro atoms. The first-order valence-corrected chi connectivity index (χ1v) is 12.8. The van der Waals surface area contributed by atoms with E-state index in [0.29, 0.717) is 19.5 Å². The van der Waals surface area contributed by atoms with Crippen molar-refractivity contribution in [3.8, 4) is 6.07 Å². The molecule has 3 aliphatic heterocycles. The standard InChI is InChI=1S/C25H36F2N6O4/c1-23(2,3)18(31-22(37)32-11-25(26,27)12-32)21(36)33-10-15-16(24(15,4)5)17(33)20(35)30-14(9-28)8-13-6-7-29-19(13)34/h13-18H,6-8,10-12H2,1-5H3,(H,29,34)(H,30,35)(H,31,37)/t13-,14-,15-,16-,17-,18+/m0/s1. The van der Waals surface area contributed by atoms with E-state index in [1.165, 1.54) is 4.90 Å². The quantitative estimate of drug-likeness (QED) is 0.480.